The average molecular weight is 475 g/mol. The average Bonchev–Trinajstić information content (AvgIpc) is 2.75. The number of ketones is 1. The predicted octanol–water partition coefficient (Wildman–Crippen LogP) is 4.82. The molecule has 32 heavy (non-hydrogen) atoms. The van der Waals surface area contributed by atoms with E-state index < -0.39 is 15.0 Å². The molecule has 6 heteroatoms. The summed E-state index contributed by atoms with van der Waals surface area (Å²) in [5.41, 5.74) is 0.0361. The molecule has 1 aromatic rings. The van der Waals surface area contributed by atoms with Crippen LogP contribution in [0.4, 0.5) is 0 Å². The molecule has 0 radical (unpaired) electrons. The first-order chi connectivity index (χ1) is 15.0. The van der Waals surface area contributed by atoms with Gasteiger partial charge in [0.25, 0.3) is 0 Å². The molecule has 0 saturated heterocycles. The molecular weight excluding hydrogens is 431 g/mol. The normalized spacial score (nSPS) is 11.3. The SMILES string of the molecule is CCCCCCCCCCCCCCCCCCCC(=O)c1ccccc1S(=O)(=O)[O-].[Na+]. The number of hydrogen-bond donors (Lipinski definition) is 0. The van der Waals surface area contributed by atoms with E-state index in [1.54, 1.807) is 6.07 Å². The van der Waals surface area contributed by atoms with Crippen LogP contribution in [0, 0.1) is 0 Å². The molecular formula is C26H43NaO4S. The van der Waals surface area contributed by atoms with Crippen LogP contribution in [-0.4, -0.2) is 18.8 Å². The van der Waals surface area contributed by atoms with Gasteiger partial charge in [-0.05, 0) is 12.5 Å². The first-order valence-corrected chi connectivity index (χ1v) is 14.0. The molecule has 0 N–H and O–H groups in total. The Bertz CT molecular complexity index is 704. The van der Waals surface area contributed by atoms with Crippen molar-refractivity contribution in [2.45, 2.75) is 127 Å². The molecule has 0 amide bonds. The maximum absolute atomic E-state index is 12.3. The van der Waals surface area contributed by atoms with Gasteiger partial charge in [-0.25, -0.2) is 8.42 Å². The van der Waals surface area contributed by atoms with Crippen molar-refractivity contribution in [3.8, 4) is 0 Å². The van der Waals surface area contributed by atoms with E-state index >= 15 is 0 Å². The van der Waals surface area contributed by atoms with Gasteiger partial charge in [0.1, 0.15) is 10.1 Å². The minimum absolute atomic E-state index is 0. The van der Waals surface area contributed by atoms with Crippen molar-refractivity contribution < 1.29 is 47.3 Å². The molecule has 1 aromatic carbocycles. The number of hydrogen-bond acceptors (Lipinski definition) is 4. The molecule has 0 aliphatic heterocycles. The van der Waals surface area contributed by atoms with Crippen molar-refractivity contribution in [2.75, 3.05) is 0 Å². The topological polar surface area (TPSA) is 74.3 Å². The molecule has 0 unspecified atom stereocenters. The molecule has 4 nitrogen and oxygen atoms in total. The van der Waals surface area contributed by atoms with Gasteiger partial charge < -0.3 is 4.55 Å². The smallest absolute Gasteiger partial charge is 0.744 e. The maximum atomic E-state index is 12.3. The molecule has 0 fully saturated rings. The minimum atomic E-state index is -4.61. The summed E-state index contributed by atoms with van der Waals surface area (Å²) in [6, 6.07) is 5.71. The van der Waals surface area contributed by atoms with Gasteiger partial charge in [0.15, 0.2) is 5.78 Å². The van der Waals surface area contributed by atoms with Crippen molar-refractivity contribution in [1.82, 2.24) is 0 Å². The number of benzene rings is 1. The van der Waals surface area contributed by atoms with Gasteiger partial charge in [0.05, 0.1) is 4.90 Å². The third-order valence-electron chi connectivity index (χ3n) is 5.96. The van der Waals surface area contributed by atoms with Crippen molar-refractivity contribution in [3.63, 3.8) is 0 Å². The van der Waals surface area contributed by atoms with E-state index in [4.69, 9.17) is 0 Å². The fraction of sp³-hybridized carbons (Fsp3) is 0.731. The number of rotatable bonds is 20. The van der Waals surface area contributed by atoms with Crippen molar-refractivity contribution >= 4 is 15.9 Å². The minimum Gasteiger partial charge on any atom is -0.744 e. The van der Waals surface area contributed by atoms with E-state index in [1.807, 2.05) is 0 Å². The van der Waals surface area contributed by atoms with Crippen molar-refractivity contribution in [1.29, 1.82) is 0 Å². The summed E-state index contributed by atoms with van der Waals surface area (Å²) >= 11 is 0. The van der Waals surface area contributed by atoms with E-state index in [-0.39, 0.29) is 40.9 Å². The molecule has 0 aliphatic rings. The van der Waals surface area contributed by atoms with E-state index in [9.17, 15) is 17.8 Å². The quantitative estimate of drug-likeness (QED) is 0.118. The van der Waals surface area contributed by atoms with Crippen molar-refractivity contribution in [3.05, 3.63) is 29.8 Å². The number of carbonyl (C=O) groups excluding carboxylic acids is 1. The molecule has 178 valence electrons. The van der Waals surface area contributed by atoms with Gasteiger partial charge >= 0.3 is 29.6 Å². The zero-order valence-electron chi connectivity index (χ0n) is 20.6. The van der Waals surface area contributed by atoms with Gasteiger partial charge in [-0.3, -0.25) is 4.79 Å². The summed E-state index contributed by atoms with van der Waals surface area (Å²) in [5.74, 6) is -0.254. The third kappa shape index (κ3) is 15.6. The second kappa shape index (κ2) is 20.2. The van der Waals surface area contributed by atoms with Crippen molar-refractivity contribution in [2.24, 2.45) is 0 Å². The Morgan fingerprint density at radius 2 is 1.06 bits per heavy atom. The van der Waals surface area contributed by atoms with Crippen LogP contribution in [0.3, 0.4) is 0 Å². The van der Waals surface area contributed by atoms with E-state index in [1.165, 1.54) is 108 Å². The van der Waals surface area contributed by atoms with Crippen LogP contribution in [0.1, 0.15) is 133 Å². The Balaban J connectivity index is 0.00000961. The molecule has 0 aromatic heterocycles. The summed E-state index contributed by atoms with van der Waals surface area (Å²) in [6.07, 6.45) is 22.1. The van der Waals surface area contributed by atoms with Gasteiger partial charge in [-0.1, -0.05) is 128 Å². The summed E-state index contributed by atoms with van der Waals surface area (Å²) < 4.78 is 33.9. The van der Waals surface area contributed by atoms with Crippen LogP contribution in [0.25, 0.3) is 0 Å². The molecule has 0 aliphatic carbocycles. The zero-order valence-corrected chi connectivity index (χ0v) is 23.4. The van der Waals surface area contributed by atoms with Crippen LogP contribution in [0.2, 0.25) is 0 Å². The fourth-order valence-corrected chi connectivity index (χ4v) is 4.76. The summed E-state index contributed by atoms with van der Waals surface area (Å²) in [7, 11) is -4.61. The Kier molecular flexibility index (Phi) is 20.1. The van der Waals surface area contributed by atoms with Gasteiger partial charge in [-0.2, -0.15) is 0 Å². The Morgan fingerprint density at radius 1 is 0.688 bits per heavy atom. The van der Waals surface area contributed by atoms with Crippen LogP contribution in [-0.2, 0) is 10.1 Å². The first-order valence-electron chi connectivity index (χ1n) is 12.5. The standard InChI is InChI=1S/C26H44O4S.Na/c1-2-3-4-5-6-7-8-9-10-11-12-13-14-15-16-17-18-22-25(27)24-21-19-20-23-26(24)31(28,29)30;/h19-21,23H,2-18,22H2,1H3,(H,28,29,30);/q;+1/p-1. The number of Topliss-reactive ketones (excluding diaryl/α,β-unsaturated/α-hetero) is 1. The van der Waals surface area contributed by atoms with E-state index in [0.29, 0.717) is 6.42 Å². The van der Waals surface area contributed by atoms with Gasteiger partial charge in [0, 0.05) is 12.0 Å². The summed E-state index contributed by atoms with van der Waals surface area (Å²) in [5, 5.41) is 0. The fourth-order valence-electron chi connectivity index (χ4n) is 4.06. The third-order valence-corrected chi connectivity index (χ3v) is 6.86. The second-order valence-electron chi connectivity index (χ2n) is 8.78. The Labute approximate surface area is 219 Å². The largest absolute Gasteiger partial charge is 1.00 e. The van der Waals surface area contributed by atoms with Gasteiger partial charge in [0.2, 0.25) is 0 Å². The van der Waals surface area contributed by atoms with E-state index in [0.717, 1.165) is 19.3 Å². The van der Waals surface area contributed by atoms with E-state index in [2.05, 4.69) is 6.92 Å². The molecule has 0 spiro atoms. The molecule has 0 atom stereocenters. The second-order valence-corrected chi connectivity index (χ2v) is 10.1. The zero-order chi connectivity index (χ0) is 22.8. The Hall–Kier alpha value is -0.200. The molecule has 1 rings (SSSR count). The number of carbonyl (C=O) groups is 1. The maximum Gasteiger partial charge on any atom is 1.00 e. The van der Waals surface area contributed by atoms with Gasteiger partial charge in [-0.15, -0.1) is 0 Å². The Morgan fingerprint density at radius 3 is 1.47 bits per heavy atom. The molecule has 0 heterocycles. The molecule has 0 bridgehead atoms. The summed E-state index contributed by atoms with van der Waals surface area (Å²) in [4.78, 5) is 11.9. The monoisotopic (exact) mass is 474 g/mol. The first kappa shape index (κ1) is 31.8. The van der Waals surface area contributed by atoms with Crippen LogP contribution in [0.5, 0.6) is 0 Å². The summed E-state index contributed by atoms with van der Waals surface area (Å²) in [6.45, 7) is 2.26. The number of unbranched alkanes of at least 4 members (excludes halogenated alkanes) is 16. The molecule has 0 saturated carbocycles. The van der Waals surface area contributed by atoms with Crippen LogP contribution >= 0.6 is 0 Å². The van der Waals surface area contributed by atoms with Crippen LogP contribution in [0.15, 0.2) is 29.2 Å². The van der Waals surface area contributed by atoms with Crippen LogP contribution < -0.4 is 29.6 Å². The predicted molar refractivity (Wildman–Crippen MR) is 128 cm³/mol.